The van der Waals surface area contributed by atoms with E-state index in [2.05, 4.69) is 24.4 Å². The van der Waals surface area contributed by atoms with Crippen molar-refractivity contribution < 1.29 is 4.79 Å². The number of amides is 1. The third-order valence-corrected chi connectivity index (χ3v) is 5.29. The van der Waals surface area contributed by atoms with Crippen LogP contribution in [-0.4, -0.2) is 16.5 Å². The maximum atomic E-state index is 12.6. The zero-order chi connectivity index (χ0) is 16.4. The van der Waals surface area contributed by atoms with Crippen molar-refractivity contribution in [3.05, 3.63) is 58.1 Å². The number of nitrogens with zero attached hydrogens (tertiary/aromatic N) is 1. The van der Waals surface area contributed by atoms with Crippen molar-refractivity contribution in [3.8, 4) is 0 Å². The number of rotatable bonds is 5. The van der Waals surface area contributed by atoms with E-state index in [1.165, 1.54) is 16.9 Å². The van der Waals surface area contributed by atoms with E-state index >= 15 is 0 Å². The molecule has 0 saturated carbocycles. The fourth-order valence-corrected chi connectivity index (χ4v) is 3.96. The number of carbonyl (C=O) groups is 1. The lowest BCUT2D eigenvalue weighted by Crippen LogP contribution is -2.36. The van der Waals surface area contributed by atoms with Crippen molar-refractivity contribution in [2.24, 2.45) is 7.05 Å². The van der Waals surface area contributed by atoms with E-state index in [0.717, 1.165) is 27.4 Å². The number of benzene rings is 1. The van der Waals surface area contributed by atoms with E-state index in [-0.39, 0.29) is 11.9 Å². The lowest BCUT2D eigenvalue weighted by molar-refractivity contribution is 0.0928. The molecule has 2 aromatic heterocycles. The van der Waals surface area contributed by atoms with Gasteiger partial charge in [-0.2, -0.15) is 0 Å². The molecule has 1 aromatic carbocycles. The van der Waals surface area contributed by atoms with Crippen LogP contribution in [0.2, 0.25) is 4.34 Å². The molecule has 3 rings (SSSR count). The second-order valence-electron chi connectivity index (χ2n) is 5.66. The molecule has 1 N–H and O–H groups in total. The zero-order valence-corrected chi connectivity index (χ0v) is 14.7. The fourth-order valence-electron chi connectivity index (χ4n) is 2.75. The largest absolute Gasteiger partial charge is 0.348 e. The average molecular weight is 347 g/mol. The molecule has 1 unspecified atom stereocenters. The molecule has 0 aliphatic carbocycles. The predicted octanol–water partition coefficient (Wildman–Crippen LogP) is 4.64. The molecule has 1 amide bonds. The van der Waals surface area contributed by atoms with Gasteiger partial charge in [0.25, 0.3) is 5.91 Å². The average Bonchev–Trinajstić information content (AvgIpc) is 3.05. The van der Waals surface area contributed by atoms with Gasteiger partial charge in [-0.05, 0) is 30.5 Å². The Labute approximate surface area is 144 Å². The Kier molecular flexibility index (Phi) is 4.74. The van der Waals surface area contributed by atoms with Crippen LogP contribution in [-0.2, 0) is 13.5 Å². The van der Waals surface area contributed by atoms with Crippen LogP contribution in [0.5, 0.6) is 0 Å². The molecule has 0 aliphatic rings. The van der Waals surface area contributed by atoms with Crippen molar-refractivity contribution >= 4 is 39.1 Å². The highest BCUT2D eigenvalue weighted by Gasteiger charge is 2.18. The SMILES string of the molecule is CCC(Cc1ccccc1)NC(=O)c1cc2sc(Cl)cc2n1C. The summed E-state index contributed by atoms with van der Waals surface area (Å²) in [6.07, 6.45) is 1.74. The highest BCUT2D eigenvalue weighted by Crippen LogP contribution is 2.31. The van der Waals surface area contributed by atoms with E-state index in [1.54, 1.807) is 0 Å². The summed E-state index contributed by atoms with van der Waals surface area (Å²) >= 11 is 7.53. The van der Waals surface area contributed by atoms with Gasteiger partial charge < -0.3 is 9.88 Å². The standard InChI is InChI=1S/C18H19ClN2OS/c1-3-13(9-12-7-5-4-6-8-12)20-18(22)15-10-16-14(21(15)2)11-17(19)23-16/h4-8,10-11,13H,3,9H2,1-2H3,(H,20,22). The quantitative estimate of drug-likeness (QED) is 0.717. The Morgan fingerprint density at radius 2 is 2.04 bits per heavy atom. The van der Waals surface area contributed by atoms with Crippen molar-refractivity contribution in [2.45, 2.75) is 25.8 Å². The number of aromatic nitrogens is 1. The first kappa shape index (κ1) is 16.1. The smallest absolute Gasteiger partial charge is 0.268 e. The highest BCUT2D eigenvalue weighted by molar-refractivity contribution is 7.22. The molecular weight excluding hydrogens is 328 g/mol. The molecule has 0 bridgehead atoms. The molecule has 0 aliphatic heterocycles. The summed E-state index contributed by atoms with van der Waals surface area (Å²) in [5, 5.41) is 3.15. The van der Waals surface area contributed by atoms with E-state index in [0.29, 0.717) is 5.69 Å². The molecule has 0 radical (unpaired) electrons. The van der Waals surface area contributed by atoms with Gasteiger partial charge in [0.1, 0.15) is 5.69 Å². The Balaban J connectivity index is 1.75. The maximum absolute atomic E-state index is 12.6. The van der Waals surface area contributed by atoms with Gasteiger partial charge in [-0.25, -0.2) is 0 Å². The number of hydrogen-bond acceptors (Lipinski definition) is 2. The van der Waals surface area contributed by atoms with Crippen LogP contribution < -0.4 is 5.32 Å². The Morgan fingerprint density at radius 3 is 2.70 bits per heavy atom. The third-order valence-electron chi connectivity index (χ3n) is 4.09. The normalized spacial score (nSPS) is 12.5. The fraction of sp³-hybridized carbons (Fsp3) is 0.278. The van der Waals surface area contributed by atoms with E-state index < -0.39 is 0 Å². The molecule has 3 aromatic rings. The van der Waals surface area contributed by atoms with Crippen LogP contribution in [0, 0.1) is 0 Å². The Hall–Kier alpha value is -1.78. The van der Waals surface area contributed by atoms with Crippen molar-refractivity contribution in [1.29, 1.82) is 0 Å². The van der Waals surface area contributed by atoms with E-state index in [9.17, 15) is 4.79 Å². The van der Waals surface area contributed by atoms with Gasteiger partial charge in [-0.1, -0.05) is 48.9 Å². The molecule has 5 heteroatoms. The first-order chi connectivity index (χ1) is 11.1. The van der Waals surface area contributed by atoms with Gasteiger partial charge in [-0.15, -0.1) is 11.3 Å². The van der Waals surface area contributed by atoms with Crippen LogP contribution >= 0.6 is 22.9 Å². The lowest BCUT2D eigenvalue weighted by Gasteiger charge is -2.17. The number of aryl methyl sites for hydroxylation is 1. The van der Waals surface area contributed by atoms with Gasteiger partial charge in [0.2, 0.25) is 0 Å². The minimum absolute atomic E-state index is 0.0326. The summed E-state index contributed by atoms with van der Waals surface area (Å²) in [6, 6.07) is 14.2. The van der Waals surface area contributed by atoms with Crippen LogP contribution in [0.4, 0.5) is 0 Å². The Morgan fingerprint density at radius 1 is 1.30 bits per heavy atom. The summed E-state index contributed by atoms with van der Waals surface area (Å²) in [6.45, 7) is 2.09. The molecule has 0 fully saturated rings. The Bertz CT molecular complexity index is 822. The maximum Gasteiger partial charge on any atom is 0.268 e. The number of halogens is 1. The zero-order valence-electron chi connectivity index (χ0n) is 13.2. The minimum atomic E-state index is -0.0326. The van der Waals surface area contributed by atoms with Crippen molar-refractivity contribution in [3.63, 3.8) is 0 Å². The number of nitrogens with one attached hydrogen (secondary N) is 1. The number of carbonyl (C=O) groups excluding carboxylic acids is 1. The minimum Gasteiger partial charge on any atom is -0.348 e. The molecular formula is C18H19ClN2OS. The molecule has 3 nitrogen and oxygen atoms in total. The molecule has 0 saturated heterocycles. The van der Waals surface area contributed by atoms with Crippen molar-refractivity contribution in [1.82, 2.24) is 9.88 Å². The number of thiophene rings is 1. The van der Waals surface area contributed by atoms with Gasteiger partial charge in [-0.3, -0.25) is 4.79 Å². The lowest BCUT2D eigenvalue weighted by atomic mass is 10.0. The molecule has 0 spiro atoms. The van der Waals surface area contributed by atoms with Crippen LogP contribution in [0.3, 0.4) is 0 Å². The molecule has 120 valence electrons. The molecule has 2 heterocycles. The predicted molar refractivity (Wildman–Crippen MR) is 97.5 cm³/mol. The van der Waals surface area contributed by atoms with Crippen LogP contribution in [0.15, 0.2) is 42.5 Å². The number of hydrogen-bond donors (Lipinski definition) is 1. The van der Waals surface area contributed by atoms with Crippen LogP contribution in [0.1, 0.15) is 29.4 Å². The monoisotopic (exact) mass is 346 g/mol. The number of fused-ring (bicyclic) bond motifs is 1. The van der Waals surface area contributed by atoms with Crippen molar-refractivity contribution in [2.75, 3.05) is 0 Å². The second-order valence-corrected chi connectivity index (χ2v) is 7.37. The first-order valence-corrected chi connectivity index (χ1v) is 8.87. The summed E-state index contributed by atoms with van der Waals surface area (Å²) in [5.41, 5.74) is 2.91. The summed E-state index contributed by atoms with van der Waals surface area (Å²) in [5.74, 6) is -0.0326. The third kappa shape index (κ3) is 3.43. The highest BCUT2D eigenvalue weighted by atomic mass is 35.5. The van der Waals surface area contributed by atoms with E-state index in [4.69, 9.17) is 11.6 Å². The second kappa shape index (κ2) is 6.77. The molecule has 23 heavy (non-hydrogen) atoms. The van der Waals surface area contributed by atoms with Gasteiger partial charge in [0.15, 0.2) is 0 Å². The summed E-state index contributed by atoms with van der Waals surface area (Å²) < 4.78 is 3.69. The van der Waals surface area contributed by atoms with Gasteiger partial charge >= 0.3 is 0 Å². The van der Waals surface area contributed by atoms with Gasteiger partial charge in [0.05, 0.1) is 14.6 Å². The topological polar surface area (TPSA) is 34.0 Å². The first-order valence-electron chi connectivity index (χ1n) is 7.68. The van der Waals surface area contributed by atoms with Crippen LogP contribution in [0.25, 0.3) is 10.2 Å². The summed E-state index contributed by atoms with van der Waals surface area (Å²) in [7, 11) is 1.90. The molecule has 1 atom stereocenters. The summed E-state index contributed by atoms with van der Waals surface area (Å²) in [4.78, 5) is 12.6. The van der Waals surface area contributed by atoms with Gasteiger partial charge in [0, 0.05) is 13.1 Å². The van der Waals surface area contributed by atoms with E-state index in [1.807, 2.05) is 41.9 Å².